The summed E-state index contributed by atoms with van der Waals surface area (Å²) in [4.78, 5) is 0.818. The Hall–Kier alpha value is -0.830. The van der Waals surface area contributed by atoms with E-state index in [4.69, 9.17) is 5.73 Å². The van der Waals surface area contributed by atoms with E-state index in [-0.39, 0.29) is 5.25 Å². The lowest BCUT2D eigenvalue weighted by molar-refractivity contribution is 0.305. The van der Waals surface area contributed by atoms with Crippen molar-refractivity contribution < 1.29 is 4.21 Å². The second-order valence-electron chi connectivity index (χ2n) is 5.37. The molecule has 0 radical (unpaired) electrons. The third kappa shape index (κ3) is 2.89. The minimum atomic E-state index is -0.948. The molecular weight excluding hydrogens is 230 g/mol. The van der Waals surface area contributed by atoms with E-state index in [0.29, 0.717) is 17.5 Å². The summed E-state index contributed by atoms with van der Waals surface area (Å²) in [5.74, 6) is 1.36. The van der Waals surface area contributed by atoms with Crippen LogP contribution in [0.2, 0.25) is 0 Å². The topological polar surface area (TPSA) is 43.1 Å². The number of nitrogen functional groups attached to an aromatic ring is 1. The molecule has 0 heterocycles. The number of hydrogen-bond donors (Lipinski definition) is 1. The predicted molar refractivity (Wildman–Crippen MR) is 73.2 cm³/mol. The number of rotatable bonds is 2. The molecule has 1 aromatic rings. The molecule has 3 atom stereocenters. The zero-order chi connectivity index (χ0) is 12.4. The quantitative estimate of drug-likeness (QED) is 0.820. The molecule has 1 aromatic carbocycles. The SMILES string of the molecule is CC1CC(C)CC(S(=O)c2ccccc2N)C1. The van der Waals surface area contributed by atoms with E-state index >= 15 is 0 Å². The van der Waals surface area contributed by atoms with Gasteiger partial charge >= 0.3 is 0 Å². The molecule has 1 fully saturated rings. The molecule has 1 aliphatic rings. The lowest BCUT2D eigenvalue weighted by Gasteiger charge is -2.31. The van der Waals surface area contributed by atoms with Crippen LogP contribution in [0.1, 0.15) is 33.1 Å². The molecular formula is C14H21NOS. The highest BCUT2D eigenvalue weighted by Gasteiger charge is 2.29. The first-order chi connectivity index (χ1) is 8.08. The van der Waals surface area contributed by atoms with Crippen LogP contribution < -0.4 is 5.73 Å². The van der Waals surface area contributed by atoms with Gasteiger partial charge in [0.2, 0.25) is 0 Å². The number of para-hydroxylation sites is 1. The van der Waals surface area contributed by atoms with Gasteiger partial charge in [-0.15, -0.1) is 0 Å². The lowest BCUT2D eigenvalue weighted by Crippen LogP contribution is -2.27. The summed E-state index contributed by atoms with van der Waals surface area (Å²) in [5, 5.41) is 0.276. The first-order valence-corrected chi connectivity index (χ1v) is 7.54. The minimum Gasteiger partial charge on any atom is -0.398 e. The van der Waals surface area contributed by atoms with E-state index in [2.05, 4.69) is 13.8 Å². The molecule has 17 heavy (non-hydrogen) atoms. The maximum atomic E-state index is 12.5. The Bertz CT molecular complexity index is 408. The summed E-state index contributed by atoms with van der Waals surface area (Å²) in [6.07, 6.45) is 3.38. The number of anilines is 1. The summed E-state index contributed by atoms with van der Waals surface area (Å²) in [5.41, 5.74) is 6.57. The van der Waals surface area contributed by atoms with Crippen LogP contribution in [-0.2, 0) is 10.8 Å². The van der Waals surface area contributed by atoms with Crippen molar-refractivity contribution in [1.29, 1.82) is 0 Å². The van der Waals surface area contributed by atoms with Gasteiger partial charge in [-0.25, -0.2) is 0 Å². The van der Waals surface area contributed by atoms with Gasteiger partial charge in [0.25, 0.3) is 0 Å². The van der Waals surface area contributed by atoms with Crippen LogP contribution in [0.25, 0.3) is 0 Å². The van der Waals surface area contributed by atoms with Crippen molar-refractivity contribution in [3.8, 4) is 0 Å². The highest BCUT2D eigenvalue weighted by Crippen LogP contribution is 2.34. The molecule has 3 unspecified atom stereocenters. The fraction of sp³-hybridized carbons (Fsp3) is 0.571. The Morgan fingerprint density at radius 1 is 1.12 bits per heavy atom. The Labute approximate surface area is 106 Å². The first kappa shape index (κ1) is 12.6. The van der Waals surface area contributed by atoms with Crippen LogP contribution in [0.4, 0.5) is 5.69 Å². The van der Waals surface area contributed by atoms with Crippen LogP contribution in [0.5, 0.6) is 0 Å². The molecule has 2 rings (SSSR count). The predicted octanol–water partition coefficient (Wildman–Crippen LogP) is 3.20. The van der Waals surface area contributed by atoms with Gasteiger partial charge in [0.15, 0.2) is 0 Å². The van der Waals surface area contributed by atoms with Gasteiger partial charge in [-0.1, -0.05) is 26.0 Å². The second-order valence-corrected chi connectivity index (χ2v) is 7.08. The number of benzene rings is 1. The van der Waals surface area contributed by atoms with Gasteiger partial charge in [-0.05, 0) is 43.2 Å². The molecule has 0 aliphatic heterocycles. The summed E-state index contributed by atoms with van der Waals surface area (Å²) in [7, 11) is -0.948. The van der Waals surface area contributed by atoms with Crippen molar-refractivity contribution in [2.24, 2.45) is 11.8 Å². The Morgan fingerprint density at radius 3 is 2.29 bits per heavy atom. The standard InChI is InChI=1S/C14H21NOS/c1-10-7-11(2)9-12(8-10)17(16)14-6-4-3-5-13(14)15/h3-6,10-12H,7-9,15H2,1-2H3. The van der Waals surface area contributed by atoms with Crippen molar-refractivity contribution in [1.82, 2.24) is 0 Å². The third-order valence-corrected chi connectivity index (χ3v) is 5.37. The minimum absolute atomic E-state index is 0.276. The summed E-state index contributed by atoms with van der Waals surface area (Å²) < 4.78 is 12.5. The van der Waals surface area contributed by atoms with E-state index in [1.165, 1.54) is 6.42 Å². The third-order valence-electron chi connectivity index (χ3n) is 3.57. The van der Waals surface area contributed by atoms with E-state index in [0.717, 1.165) is 17.7 Å². The van der Waals surface area contributed by atoms with Crippen LogP contribution >= 0.6 is 0 Å². The van der Waals surface area contributed by atoms with Gasteiger partial charge < -0.3 is 5.73 Å². The molecule has 0 amide bonds. The maximum absolute atomic E-state index is 12.5. The lowest BCUT2D eigenvalue weighted by atomic mass is 9.83. The van der Waals surface area contributed by atoms with E-state index in [9.17, 15) is 4.21 Å². The normalized spacial score (nSPS) is 31.1. The van der Waals surface area contributed by atoms with Crippen molar-refractivity contribution in [3.63, 3.8) is 0 Å². The van der Waals surface area contributed by atoms with Crippen LogP contribution in [0.3, 0.4) is 0 Å². The second kappa shape index (κ2) is 5.21. The van der Waals surface area contributed by atoms with Gasteiger partial charge in [-0.2, -0.15) is 0 Å². The van der Waals surface area contributed by atoms with Gasteiger partial charge in [0.1, 0.15) is 0 Å². The highest BCUT2D eigenvalue weighted by atomic mass is 32.2. The summed E-state index contributed by atoms with van der Waals surface area (Å²) >= 11 is 0. The van der Waals surface area contributed by atoms with E-state index in [1.807, 2.05) is 24.3 Å². The first-order valence-electron chi connectivity index (χ1n) is 6.33. The molecule has 0 aromatic heterocycles. The zero-order valence-corrected chi connectivity index (χ0v) is 11.4. The molecule has 2 nitrogen and oxygen atoms in total. The molecule has 2 N–H and O–H groups in total. The summed E-state index contributed by atoms with van der Waals surface area (Å²) in [6, 6.07) is 7.54. The Kier molecular flexibility index (Phi) is 3.87. The number of nitrogens with two attached hydrogens (primary N) is 1. The molecule has 0 bridgehead atoms. The molecule has 0 saturated heterocycles. The van der Waals surface area contributed by atoms with Gasteiger partial charge in [0.05, 0.1) is 15.7 Å². The Balaban J connectivity index is 2.17. The smallest absolute Gasteiger partial charge is 0.0620 e. The molecule has 0 spiro atoms. The van der Waals surface area contributed by atoms with Crippen molar-refractivity contribution in [2.75, 3.05) is 5.73 Å². The average molecular weight is 251 g/mol. The monoisotopic (exact) mass is 251 g/mol. The molecule has 1 aliphatic carbocycles. The van der Waals surface area contributed by atoms with Crippen LogP contribution in [-0.4, -0.2) is 9.46 Å². The molecule has 1 saturated carbocycles. The van der Waals surface area contributed by atoms with Gasteiger partial charge in [0, 0.05) is 10.9 Å². The van der Waals surface area contributed by atoms with Crippen molar-refractivity contribution >= 4 is 16.5 Å². The van der Waals surface area contributed by atoms with Crippen LogP contribution in [0.15, 0.2) is 29.2 Å². The molecule has 94 valence electrons. The maximum Gasteiger partial charge on any atom is 0.0620 e. The zero-order valence-electron chi connectivity index (χ0n) is 10.6. The van der Waals surface area contributed by atoms with Crippen molar-refractivity contribution in [3.05, 3.63) is 24.3 Å². The van der Waals surface area contributed by atoms with E-state index in [1.54, 1.807) is 0 Å². The van der Waals surface area contributed by atoms with Crippen LogP contribution in [0, 0.1) is 11.8 Å². The fourth-order valence-electron chi connectivity index (χ4n) is 2.89. The largest absolute Gasteiger partial charge is 0.398 e. The fourth-order valence-corrected chi connectivity index (χ4v) is 4.77. The summed E-state index contributed by atoms with van der Waals surface area (Å²) in [6.45, 7) is 4.52. The molecule has 3 heteroatoms. The van der Waals surface area contributed by atoms with Gasteiger partial charge in [-0.3, -0.25) is 4.21 Å². The van der Waals surface area contributed by atoms with E-state index < -0.39 is 10.8 Å². The highest BCUT2D eigenvalue weighted by molar-refractivity contribution is 7.85. The number of hydrogen-bond acceptors (Lipinski definition) is 2. The average Bonchev–Trinajstić information content (AvgIpc) is 2.27. The van der Waals surface area contributed by atoms with Crippen molar-refractivity contribution in [2.45, 2.75) is 43.3 Å². The Morgan fingerprint density at radius 2 is 1.71 bits per heavy atom.